The highest BCUT2D eigenvalue weighted by atomic mass is 35.5. The fraction of sp³-hybridized carbons (Fsp3) is 0.545. The number of aromatic carboxylic acids is 1. The topological polar surface area (TPSA) is 119 Å². The summed E-state index contributed by atoms with van der Waals surface area (Å²) in [5.74, 6) is -0.105. The van der Waals surface area contributed by atoms with Gasteiger partial charge in [0, 0.05) is 26.2 Å². The van der Waals surface area contributed by atoms with Crippen LogP contribution < -0.4 is 10.1 Å². The van der Waals surface area contributed by atoms with E-state index in [1.807, 2.05) is 29.2 Å². The number of hydrogen-bond acceptors (Lipinski definition) is 6. The molecule has 1 spiro atoms. The molecule has 2 aromatic rings. The minimum absolute atomic E-state index is 0. The molecule has 3 aliphatic rings. The Bertz CT molecular complexity index is 1260. The number of piperazine rings is 1. The van der Waals surface area contributed by atoms with E-state index in [0.717, 1.165) is 50.5 Å². The SMILES string of the molecule is CCCCN1C(=O)[C@@H]([C@H](O)C2CCCCC2)NC(=O)C12CCN(Cc1ccc(Oc3cccc(C(=O)O)c3)cc1)CC2.Cl. The molecule has 0 aromatic heterocycles. The Labute approximate surface area is 260 Å². The van der Waals surface area contributed by atoms with Crippen molar-refractivity contribution in [3.63, 3.8) is 0 Å². The number of piperidine rings is 1. The smallest absolute Gasteiger partial charge is 0.335 e. The Balaban J connectivity index is 0.00000423. The first-order valence-corrected chi connectivity index (χ1v) is 15.4. The fourth-order valence-electron chi connectivity index (χ4n) is 6.79. The van der Waals surface area contributed by atoms with Crippen LogP contribution in [-0.4, -0.2) is 75.1 Å². The summed E-state index contributed by atoms with van der Waals surface area (Å²) in [6.07, 6.45) is 7.12. The summed E-state index contributed by atoms with van der Waals surface area (Å²) >= 11 is 0. The van der Waals surface area contributed by atoms with Crippen molar-refractivity contribution in [2.45, 2.75) is 88.9 Å². The fourth-order valence-corrected chi connectivity index (χ4v) is 6.79. The molecule has 2 heterocycles. The van der Waals surface area contributed by atoms with Crippen molar-refractivity contribution in [3.8, 4) is 11.5 Å². The maximum atomic E-state index is 13.8. The molecule has 2 saturated heterocycles. The lowest BCUT2D eigenvalue weighted by molar-refractivity contribution is -0.166. The second-order valence-electron chi connectivity index (χ2n) is 12.1. The molecule has 0 unspecified atom stereocenters. The maximum Gasteiger partial charge on any atom is 0.335 e. The van der Waals surface area contributed by atoms with Gasteiger partial charge in [-0.25, -0.2) is 4.79 Å². The van der Waals surface area contributed by atoms with Crippen LogP contribution in [0.1, 0.15) is 80.6 Å². The number of carboxylic acid groups (broad SMARTS) is 1. The molecule has 2 aromatic carbocycles. The van der Waals surface area contributed by atoms with Crippen molar-refractivity contribution in [2.24, 2.45) is 5.92 Å². The van der Waals surface area contributed by atoms with Crippen LogP contribution in [0, 0.1) is 5.92 Å². The van der Waals surface area contributed by atoms with Gasteiger partial charge in [0.05, 0.1) is 11.7 Å². The molecule has 43 heavy (non-hydrogen) atoms. The van der Waals surface area contributed by atoms with Gasteiger partial charge in [-0.3, -0.25) is 14.5 Å². The number of likely N-dealkylation sites (tertiary alicyclic amines) is 1. The van der Waals surface area contributed by atoms with Crippen LogP contribution in [0.3, 0.4) is 0 Å². The van der Waals surface area contributed by atoms with Gasteiger partial charge < -0.3 is 25.2 Å². The number of carbonyl (C=O) groups excluding carboxylic acids is 2. The number of benzene rings is 2. The first-order chi connectivity index (χ1) is 20.3. The minimum atomic E-state index is -1.00. The van der Waals surface area contributed by atoms with Crippen molar-refractivity contribution in [1.82, 2.24) is 15.1 Å². The molecule has 10 heteroatoms. The zero-order valence-electron chi connectivity index (χ0n) is 24.9. The Morgan fingerprint density at radius 3 is 2.40 bits per heavy atom. The molecule has 2 amide bonds. The van der Waals surface area contributed by atoms with Gasteiger partial charge >= 0.3 is 5.97 Å². The normalized spacial score (nSPS) is 21.6. The van der Waals surface area contributed by atoms with Crippen LogP contribution in [0.15, 0.2) is 48.5 Å². The molecule has 2 atom stereocenters. The van der Waals surface area contributed by atoms with Crippen molar-refractivity contribution < 1.29 is 29.3 Å². The first-order valence-electron chi connectivity index (χ1n) is 15.4. The van der Waals surface area contributed by atoms with Crippen LogP contribution in [0.5, 0.6) is 11.5 Å². The number of unbranched alkanes of at least 4 members (excludes halogenated alkanes) is 1. The Kier molecular flexibility index (Phi) is 11.1. The maximum absolute atomic E-state index is 13.8. The third-order valence-corrected chi connectivity index (χ3v) is 9.30. The van der Waals surface area contributed by atoms with Crippen LogP contribution in [0.2, 0.25) is 0 Å². The van der Waals surface area contributed by atoms with Gasteiger partial charge in [-0.05, 0) is 73.9 Å². The van der Waals surface area contributed by atoms with Crippen molar-refractivity contribution in [2.75, 3.05) is 19.6 Å². The Morgan fingerprint density at radius 2 is 1.74 bits per heavy atom. The van der Waals surface area contributed by atoms with E-state index >= 15 is 0 Å². The average Bonchev–Trinajstić information content (AvgIpc) is 3.01. The molecule has 1 aliphatic carbocycles. The van der Waals surface area contributed by atoms with E-state index in [2.05, 4.69) is 17.1 Å². The zero-order chi connectivity index (χ0) is 29.7. The van der Waals surface area contributed by atoms with Crippen LogP contribution in [0.4, 0.5) is 0 Å². The van der Waals surface area contributed by atoms with E-state index in [1.54, 1.807) is 12.1 Å². The molecule has 2 aliphatic heterocycles. The molecule has 234 valence electrons. The summed E-state index contributed by atoms with van der Waals surface area (Å²) in [7, 11) is 0. The van der Waals surface area contributed by atoms with E-state index in [1.165, 1.54) is 12.1 Å². The largest absolute Gasteiger partial charge is 0.478 e. The van der Waals surface area contributed by atoms with Crippen molar-refractivity contribution in [3.05, 3.63) is 59.7 Å². The summed E-state index contributed by atoms with van der Waals surface area (Å²) in [5, 5.41) is 23.3. The third kappa shape index (κ3) is 7.33. The Hall–Kier alpha value is -3.14. The van der Waals surface area contributed by atoms with Gasteiger partial charge in [0.15, 0.2) is 0 Å². The standard InChI is InChI=1S/C33H43N3O6.ClH/c1-2-3-18-36-30(38)28(29(37)24-8-5-4-6-9-24)34-32(41)33(36)16-19-35(20-17-33)22-23-12-14-26(15-13-23)42-27-11-7-10-25(21-27)31(39)40;/h7,10-15,21,24,28-29,37H,2-6,8-9,16-20,22H2,1H3,(H,34,41)(H,39,40);1H/t28-,29-;/m1./s1. The highest BCUT2D eigenvalue weighted by molar-refractivity contribution is 6.00. The molecular formula is C33H44ClN3O6. The third-order valence-electron chi connectivity index (χ3n) is 9.30. The van der Waals surface area contributed by atoms with Crippen molar-refractivity contribution >= 4 is 30.2 Å². The predicted octanol–water partition coefficient (Wildman–Crippen LogP) is 5.00. The number of halogens is 1. The van der Waals surface area contributed by atoms with Gasteiger partial charge in [-0.2, -0.15) is 0 Å². The molecule has 0 bridgehead atoms. The van der Waals surface area contributed by atoms with Crippen LogP contribution in [0.25, 0.3) is 0 Å². The van der Waals surface area contributed by atoms with E-state index in [9.17, 15) is 24.6 Å². The summed E-state index contributed by atoms with van der Waals surface area (Å²) in [6.45, 7) is 4.69. The van der Waals surface area contributed by atoms with Crippen LogP contribution in [-0.2, 0) is 16.1 Å². The number of hydrogen-bond donors (Lipinski definition) is 3. The van der Waals surface area contributed by atoms with Gasteiger partial charge in [0.2, 0.25) is 11.8 Å². The molecule has 3 N–H and O–H groups in total. The molecule has 0 radical (unpaired) electrons. The molecule has 3 fully saturated rings. The van der Waals surface area contributed by atoms with Gasteiger partial charge in [-0.15, -0.1) is 12.4 Å². The second-order valence-corrected chi connectivity index (χ2v) is 12.1. The number of ether oxygens (including phenoxy) is 1. The highest BCUT2D eigenvalue weighted by Gasteiger charge is 2.55. The number of nitrogens with zero attached hydrogens (tertiary/aromatic N) is 2. The summed E-state index contributed by atoms with van der Waals surface area (Å²) in [6, 6.07) is 13.2. The van der Waals surface area contributed by atoms with Gasteiger partial charge in [-0.1, -0.05) is 50.8 Å². The zero-order valence-corrected chi connectivity index (χ0v) is 25.7. The lowest BCUT2D eigenvalue weighted by Crippen LogP contribution is -2.75. The number of rotatable bonds is 10. The number of aliphatic hydroxyl groups is 1. The second kappa shape index (κ2) is 14.6. The first kappa shape index (κ1) is 32.8. The van der Waals surface area contributed by atoms with Crippen LogP contribution >= 0.6 is 12.4 Å². The van der Waals surface area contributed by atoms with E-state index in [-0.39, 0.29) is 35.7 Å². The van der Waals surface area contributed by atoms with E-state index in [4.69, 9.17) is 4.74 Å². The van der Waals surface area contributed by atoms with Crippen molar-refractivity contribution in [1.29, 1.82) is 0 Å². The summed E-state index contributed by atoms with van der Waals surface area (Å²) in [5.41, 5.74) is 0.401. The lowest BCUT2D eigenvalue weighted by Gasteiger charge is -2.52. The Morgan fingerprint density at radius 1 is 1.05 bits per heavy atom. The number of amides is 2. The summed E-state index contributed by atoms with van der Waals surface area (Å²) < 4.78 is 5.84. The number of carbonyl (C=O) groups is 3. The quantitative estimate of drug-likeness (QED) is 0.345. The molecule has 5 rings (SSSR count). The van der Waals surface area contributed by atoms with Gasteiger partial charge in [0.1, 0.15) is 23.1 Å². The highest BCUT2D eigenvalue weighted by Crippen LogP contribution is 2.36. The average molecular weight is 614 g/mol. The predicted molar refractivity (Wildman–Crippen MR) is 166 cm³/mol. The summed E-state index contributed by atoms with van der Waals surface area (Å²) in [4.78, 5) is 42.9. The molecular weight excluding hydrogens is 570 g/mol. The van der Waals surface area contributed by atoms with Gasteiger partial charge in [0.25, 0.3) is 0 Å². The van der Waals surface area contributed by atoms with E-state index in [0.29, 0.717) is 50.5 Å². The number of nitrogens with one attached hydrogen (secondary N) is 1. The number of carboxylic acids is 1. The molecule has 1 saturated carbocycles. The van der Waals surface area contributed by atoms with E-state index < -0.39 is 23.7 Å². The number of aliphatic hydroxyl groups excluding tert-OH is 1. The molecule has 9 nitrogen and oxygen atoms in total. The monoisotopic (exact) mass is 613 g/mol. The minimum Gasteiger partial charge on any atom is -0.478 e. The lowest BCUT2D eigenvalue weighted by atomic mass is 9.78.